The van der Waals surface area contributed by atoms with Crippen molar-refractivity contribution < 1.29 is 0 Å². The molecule has 0 radical (unpaired) electrons. The molecule has 0 aliphatic heterocycles. The van der Waals surface area contributed by atoms with Gasteiger partial charge in [0.15, 0.2) is 0 Å². The fourth-order valence-corrected chi connectivity index (χ4v) is 1.81. The molecule has 0 aliphatic carbocycles. The summed E-state index contributed by atoms with van der Waals surface area (Å²) in [5.41, 5.74) is 0. The Labute approximate surface area is 66.8 Å². The van der Waals surface area contributed by atoms with Crippen molar-refractivity contribution in [3.05, 3.63) is 0 Å². The first kappa shape index (κ1) is 10.4. The zero-order valence-electron chi connectivity index (χ0n) is 7.41. The fourth-order valence-electron chi connectivity index (χ4n) is 0.604. The van der Waals surface area contributed by atoms with E-state index in [1.165, 1.54) is 25.5 Å². The standard InChI is InChI=1S/C8H20NP/c1-4-6-9-10-7-8(3)5-2/h8-10H,4-7H2,1-3H3. The summed E-state index contributed by atoms with van der Waals surface area (Å²) < 4.78 is 0. The zero-order chi connectivity index (χ0) is 7.82. The van der Waals surface area contributed by atoms with Gasteiger partial charge in [0.1, 0.15) is 0 Å². The van der Waals surface area contributed by atoms with Crippen LogP contribution in [-0.4, -0.2) is 12.7 Å². The third-order valence-corrected chi connectivity index (χ3v) is 3.05. The maximum atomic E-state index is 3.43. The largest absolute Gasteiger partial charge is 0.298 e. The first-order valence-electron chi connectivity index (χ1n) is 4.27. The third kappa shape index (κ3) is 6.51. The first-order valence-corrected chi connectivity index (χ1v) is 5.47. The van der Waals surface area contributed by atoms with Crippen LogP contribution in [0.1, 0.15) is 33.6 Å². The smallest absolute Gasteiger partial charge is 0.00148 e. The van der Waals surface area contributed by atoms with Crippen molar-refractivity contribution in [2.45, 2.75) is 33.6 Å². The normalized spacial score (nSPS) is 14.7. The van der Waals surface area contributed by atoms with Crippen LogP contribution in [0.15, 0.2) is 0 Å². The molecule has 0 amide bonds. The Kier molecular flexibility index (Phi) is 7.79. The van der Waals surface area contributed by atoms with Crippen LogP contribution in [-0.2, 0) is 0 Å². The molecule has 0 saturated carbocycles. The lowest BCUT2D eigenvalue weighted by Crippen LogP contribution is -2.05. The summed E-state index contributed by atoms with van der Waals surface area (Å²) >= 11 is 0. The van der Waals surface area contributed by atoms with Gasteiger partial charge in [0.25, 0.3) is 0 Å². The average molecular weight is 161 g/mol. The van der Waals surface area contributed by atoms with Crippen LogP contribution in [0.4, 0.5) is 0 Å². The molecule has 0 aromatic heterocycles. The van der Waals surface area contributed by atoms with E-state index >= 15 is 0 Å². The summed E-state index contributed by atoms with van der Waals surface area (Å²) in [7, 11) is 0.976. The van der Waals surface area contributed by atoms with Gasteiger partial charge in [-0.2, -0.15) is 0 Å². The second-order valence-electron chi connectivity index (χ2n) is 2.82. The minimum atomic E-state index is 0.905. The average Bonchev–Trinajstić information content (AvgIpc) is 1.98. The molecule has 2 atom stereocenters. The maximum absolute atomic E-state index is 3.43. The van der Waals surface area contributed by atoms with E-state index < -0.39 is 0 Å². The highest BCUT2D eigenvalue weighted by atomic mass is 31.1. The molecular weight excluding hydrogens is 141 g/mol. The highest BCUT2D eigenvalue weighted by Crippen LogP contribution is 2.12. The molecule has 0 fully saturated rings. The van der Waals surface area contributed by atoms with E-state index in [0.717, 1.165) is 14.6 Å². The Balaban J connectivity index is 2.89. The van der Waals surface area contributed by atoms with Gasteiger partial charge in [0.2, 0.25) is 0 Å². The van der Waals surface area contributed by atoms with Gasteiger partial charge < -0.3 is 0 Å². The molecule has 0 rings (SSSR count). The summed E-state index contributed by atoms with van der Waals surface area (Å²) in [4.78, 5) is 0. The van der Waals surface area contributed by atoms with E-state index in [9.17, 15) is 0 Å². The Morgan fingerprint density at radius 3 is 2.60 bits per heavy atom. The van der Waals surface area contributed by atoms with Crippen molar-refractivity contribution in [3.8, 4) is 0 Å². The van der Waals surface area contributed by atoms with E-state index in [-0.39, 0.29) is 0 Å². The van der Waals surface area contributed by atoms with Gasteiger partial charge in [-0.3, -0.25) is 5.09 Å². The molecule has 10 heavy (non-hydrogen) atoms. The molecule has 1 N–H and O–H groups in total. The van der Waals surface area contributed by atoms with Gasteiger partial charge >= 0.3 is 0 Å². The number of nitrogens with one attached hydrogen (secondary N) is 1. The van der Waals surface area contributed by atoms with E-state index in [1.807, 2.05) is 0 Å². The fraction of sp³-hybridized carbons (Fsp3) is 1.00. The predicted molar refractivity (Wildman–Crippen MR) is 50.9 cm³/mol. The molecule has 0 aromatic carbocycles. The maximum Gasteiger partial charge on any atom is -0.00148 e. The zero-order valence-corrected chi connectivity index (χ0v) is 8.41. The van der Waals surface area contributed by atoms with Crippen molar-refractivity contribution in [2.75, 3.05) is 12.7 Å². The first-order chi connectivity index (χ1) is 4.81. The Morgan fingerprint density at radius 2 is 2.10 bits per heavy atom. The van der Waals surface area contributed by atoms with Crippen molar-refractivity contribution >= 4 is 8.73 Å². The molecule has 62 valence electrons. The van der Waals surface area contributed by atoms with Crippen LogP contribution >= 0.6 is 8.73 Å². The quantitative estimate of drug-likeness (QED) is 0.466. The Hall–Kier alpha value is 0.390. The Morgan fingerprint density at radius 1 is 1.40 bits per heavy atom. The molecule has 0 saturated heterocycles. The van der Waals surface area contributed by atoms with Gasteiger partial charge in [0, 0.05) is 0 Å². The molecule has 0 spiro atoms. The van der Waals surface area contributed by atoms with Crippen molar-refractivity contribution in [1.82, 2.24) is 5.09 Å². The number of hydrogen-bond acceptors (Lipinski definition) is 1. The molecule has 2 heteroatoms. The summed E-state index contributed by atoms with van der Waals surface area (Å²) in [5, 5.41) is 3.43. The van der Waals surface area contributed by atoms with E-state index in [4.69, 9.17) is 0 Å². The highest BCUT2D eigenvalue weighted by Gasteiger charge is 1.95. The number of hydrogen-bond donors (Lipinski definition) is 1. The van der Waals surface area contributed by atoms with Crippen LogP contribution in [0.25, 0.3) is 0 Å². The van der Waals surface area contributed by atoms with Crippen molar-refractivity contribution in [2.24, 2.45) is 5.92 Å². The molecule has 0 heterocycles. The Bertz CT molecular complexity index is 66.3. The molecule has 0 aliphatic rings. The highest BCUT2D eigenvalue weighted by molar-refractivity contribution is 7.35. The van der Waals surface area contributed by atoms with Gasteiger partial charge in [-0.15, -0.1) is 0 Å². The second kappa shape index (κ2) is 7.50. The van der Waals surface area contributed by atoms with Crippen LogP contribution < -0.4 is 5.09 Å². The SMILES string of the molecule is CCCNPCC(C)CC. The molecule has 1 nitrogen and oxygen atoms in total. The minimum Gasteiger partial charge on any atom is -0.298 e. The van der Waals surface area contributed by atoms with Crippen LogP contribution in [0.5, 0.6) is 0 Å². The summed E-state index contributed by atoms with van der Waals surface area (Å²) in [6.45, 7) is 7.98. The lowest BCUT2D eigenvalue weighted by atomic mass is 10.2. The van der Waals surface area contributed by atoms with E-state index in [0.29, 0.717) is 0 Å². The molecular formula is C8H20NP. The lowest BCUT2D eigenvalue weighted by Gasteiger charge is -2.07. The monoisotopic (exact) mass is 161 g/mol. The van der Waals surface area contributed by atoms with Crippen LogP contribution in [0.2, 0.25) is 0 Å². The summed E-state index contributed by atoms with van der Waals surface area (Å²) in [6.07, 6.45) is 3.94. The van der Waals surface area contributed by atoms with E-state index in [1.54, 1.807) is 0 Å². The lowest BCUT2D eigenvalue weighted by molar-refractivity contribution is 0.632. The minimum absolute atomic E-state index is 0.905. The third-order valence-electron chi connectivity index (χ3n) is 1.65. The van der Waals surface area contributed by atoms with Crippen molar-refractivity contribution in [1.29, 1.82) is 0 Å². The second-order valence-corrected chi connectivity index (χ2v) is 3.94. The van der Waals surface area contributed by atoms with E-state index in [2.05, 4.69) is 25.9 Å². The number of rotatable bonds is 6. The predicted octanol–water partition coefficient (Wildman–Crippen LogP) is 2.63. The van der Waals surface area contributed by atoms with Crippen LogP contribution in [0.3, 0.4) is 0 Å². The van der Waals surface area contributed by atoms with Gasteiger partial charge in [-0.25, -0.2) is 0 Å². The molecule has 2 unspecified atom stereocenters. The van der Waals surface area contributed by atoms with Crippen molar-refractivity contribution in [3.63, 3.8) is 0 Å². The van der Waals surface area contributed by atoms with Crippen LogP contribution in [0, 0.1) is 5.92 Å². The molecule has 0 aromatic rings. The van der Waals surface area contributed by atoms with Gasteiger partial charge in [0.05, 0.1) is 0 Å². The summed E-state index contributed by atoms with van der Waals surface area (Å²) in [6, 6.07) is 0. The topological polar surface area (TPSA) is 12.0 Å². The van der Waals surface area contributed by atoms with Gasteiger partial charge in [-0.05, 0) is 25.0 Å². The van der Waals surface area contributed by atoms with Gasteiger partial charge in [-0.1, -0.05) is 35.9 Å². The summed E-state index contributed by atoms with van der Waals surface area (Å²) in [5.74, 6) is 0.905. The molecule has 0 bridgehead atoms.